The summed E-state index contributed by atoms with van der Waals surface area (Å²) < 4.78 is 1.77. The number of hydrogen-bond acceptors (Lipinski definition) is 5. The Bertz CT molecular complexity index is 825. The van der Waals surface area contributed by atoms with Crippen molar-refractivity contribution in [3.63, 3.8) is 0 Å². The van der Waals surface area contributed by atoms with E-state index in [0.29, 0.717) is 11.7 Å². The molecule has 0 amide bonds. The Balaban J connectivity index is 1.35. The van der Waals surface area contributed by atoms with Crippen molar-refractivity contribution in [2.24, 2.45) is 0 Å². The van der Waals surface area contributed by atoms with Gasteiger partial charge in [0.2, 0.25) is 0 Å². The van der Waals surface area contributed by atoms with Gasteiger partial charge in [-0.2, -0.15) is 0 Å². The standard InChI is InChI=1S/C19H21N5O/c25-19-5-1-3-16(11-19)15-6-9-23(10-7-15)13-17-14-24(22-21-17)18-4-2-8-20-12-18/h1-5,8,11-12,14-15,25H,6-7,9-10,13H2. The summed E-state index contributed by atoms with van der Waals surface area (Å²) in [4.78, 5) is 6.53. The van der Waals surface area contributed by atoms with E-state index in [-0.39, 0.29) is 0 Å². The number of likely N-dealkylation sites (tertiary alicyclic amines) is 1. The van der Waals surface area contributed by atoms with Gasteiger partial charge in [-0.15, -0.1) is 5.10 Å². The third-order valence-corrected chi connectivity index (χ3v) is 4.77. The van der Waals surface area contributed by atoms with Crippen LogP contribution in [0.25, 0.3) is 5.69 Å². The second kappa shape index (κ2) is 7.03. The van der Waals surface area contributed by atoms with E-state index in [4.69, 9.17) is 0 Å². The molecule has 6 heteroatoms. The zero-order valence-electron chi connectivity index (χ0n) is 14.0. The number of piperidine rings is 1. The van der Waals surface area contributed by atoms with Crippen molar-refractivity contribution < 1.29 is 5.11 Å². The van der Waals surface area contributed by atoms with Crippen molar-refractivity contribution in [3.8, 4) is 11.4 Å². The molecule has 1 fully saturated rings. The second-order valence-electron chi connectivity index (χ2n) is 6.51. The smallest absolute Gasteiger partial charge is 0.115 e. The van der Waals surface area contributed by atoms with Crippen LogP contribution in [-0.4, -0.2) is 43.1 Å². The van der Waals surface area contributed by atoms with Crippen molar-refractivity contribution in [3.05, 3.63) is 66.2 Å². The summed E-state index contributed by atoms with van der Waals surface area (Å²) in [7, 11) is 0. The number of hydrogen-bond donors (Lipinski definition) is 1. The third kappa shape index (κ3) is 3.69. The maximum absolute atomic E-state index is 9.65. The first-order chi connectivity index (χ1) is 12.3. The molecule has 25 heavy (non-hydrogen) atoms. The molecule has 1 aliphatic rings. The highest BCUT2D eigenvalue weighted by Crippen LogP contribution is 2.30. The van der Waals surface area contributed by atoms with Gasteiger partial charge in [0, 0.05) is 12.7 Å². The van der Waals surface area contributed by atoms with E-state index in [1.54, 1.807) is 23.1 Å². The molecular weight excluding hydrogens is 314 g/mol. The largest absolute Gasteiger partial charge is 0.508 e. The number of rotatable bonds is 4. The lowest BCUT2D eigenvalue weighted by molar-refractivity contribution is 0.202. The molecule has 0 spiro atoms. The van der Waals surface area contributed by atoms with Gasteiger partial charge < -0.3 is 5.11 Å². The van der Waals surface area contributed by atoms with Gasteiger partial charge >= 0.3 is 0 Å². The number of phenolic OH excluding ortho intramolecular Hbond substituents is 1. The van der Waals surface area contributed by atoms with Crippen molar-refractivity contribution in [2.75, 3.05) is 13.1 Å². The number of aromatic nitrogens is 4. The minimum absolute atomic E-state index is 0.354. The second-order valence-corrected chi connectivity index (χ2v) is 6.51. The fraction of sp³-hybridized carbons (Fsp3) is 0.316. The number of pyridine rings is 1. The summed E-state index contributed by atoms with van der Waals surface area (Å²) in [6.45, 7) is 2.87. The van der Waals surface area contributed by atoms with E-state index in [1.807, 2.05) is 30.5 Å². The normalized spacial score (nSPS) is 16.2. The van der Waals surface area contributed by atoms with Crippen LogP contribution < -0.4 is 0 Å². The van der Waals surface area contributed by atoms with E-state index in [1.165, 1.54) is 5.56 Å². The third-order valence-electron chi connectivity index (χ3n) is 4.77. The van der Waals surface area contributed by atoms with Gasteiger partial charge in [0.1, 0.15) is 5.75 Å². The van der Waals surface area contributed by atoms with Gasteiger partial charge in [0.15, 0.2) is 0 Å². The number of nitrogens with zero attached hydrogens (tertiary/aromatic N) is 5. The van der Waals surface area contributed by atoms with E-state index >= 15 is 0 Å². The lowest BCUT2D eigenvalue weighted by Gasteiger charge is -2.31. The van der Waals surface area contributed by atoms with Crippen LogP contribution in [0.1, 0.15) is 30.0 Å². The molecule has 3 aromatic rings. The Labute approximate surface area is 146 Å². The predicted octanol–water partition coefficient (Wildman–Crippen LogP) is 2.75. The first kappa shape index (κ1) is 15.8. The molecule has 3 heterocycles. The summed E-state index contributed by atoms with van der Waals surface area (Å²) in [6.07, 6.45) is 7.69. The minimum Gasteiger partial charge on any atom is -0.508 e. The Morgan fingerprint density at radius 3 is 2.76 bits per heavy atom. The Morgan fingerprint density at radius 2 is 2.00 bits per heavy atom. The van der Waals surface area contributed by atoms with Gasteiger partial charge in [-0.05, 0) is 61.7 Å². The van der Waals surface area contributed by atoms with E-state index in [2.05, 4.69) is 26.3 Å². The predicted molar refractivity (Wildman–Crippen MR) is 94.5 cm³/mol. The molecule has 1 saturated heterocycles. The fourth-order valence-electron chi connectivity index (χ4n) is 3.42. The first-order valence-electron chi connectivity index (χ1n) is 8.61. The van der Waals surface area contributed by atoms with Gasteiger partial charge in [-0.25, -0.2) is 4.68 Å². The average Bonchev–Trinajstić information content (AvgIpc) is 3.12. The molecule has 6 nitrogen and oxygen atoms in total. The van der Waals surface area contributed by atoms with Crippen LogP contribution in [-0.2, 0) is 6.54 Å². The summed E-state index contributed by atoms with van der Waals surface area (Å²) in [5, 5.41) is 18.1. The molecule has 4 rings (SSSR count). The van der Waals surface area contributed by atoms with Crippen molar-refractivity contribution in [2.45, 2.75) is 25.3 Å². The van der Waals surface area contributed by atoms with E-state index in [9.17, 15) is 5.11 Å². The molecule has 0 radical (unpaired) electrons. The van der Waals surface area contributed by atoms with Crippen LogP contribution in [0.15, 0.2) is 55.0 Å². The van der Waals surface area contributed by atoms with Crippen molar-refractivity contribution in [1.82, 2.24) is 24.9 Å². The molecule has 128 valence electrons. The molecule has 0 aliphatic carbocycles. The molecule has 2 aromatic heterocycles. The fourth-order valence-corrected chi connectivity index (χ4v) is 3.42. The first-order valence-corrected chi connectivity index (χ1v) is 8.61. The minimum atomic E-state index is 0.354. The quantitative estimate of drug-likeness (QED) is 0.794. The molecule has 1 N–H and O–H groups in total. The maximum Gasteiger partial charge on any atom is 0.115 e. The zero-order valence-corrected chi connectivity index (χ0v) is 14.0. The highest BCUT2D eigenvalue weighted by Gasteiger charge is 2.21. The Morgan fingerprint density at radius 1 is 1.12 bits per heavy atom. The van der Waals surface area contributed by atoms with Crippen molar-refractivity contribution >= 4 is 0 Å². The monoisotopic (exact) mass is 335 g/mol. The van der Waals surface area contributed by atoms with Crippen LogP contribution in [0.2, 0.25) is 0 Å². The van der Waals surface area contributed by atoms with Crippen LogP contribution in [0.3, 0.4) is 0 Å². The Kier molecular flexibility index (Phi) is 4.43. The lowest BCUT2D eigenvalue weighted by Crippen LogP contribution is -2.32. The van der Waals surface area contributed by atoms with E-state index < -0.39 is 0 Å². The lowest BCUT2D eigenvalue weighted by atomic mass is 9.89. The summed E-state index contributed by atoms with van der Waals surface area (Å²) >= 11 is 0. The van der Waals surface area contributed by atoms with Gasteiger partial charge in [-0.3, -0.25) is 9.88 Å². The molecule has 0 atom stereocenters. The molecule has 0 saturated carbocycles. The number of aromatic hydroxyl groups is 1. The summed E-state index contributed by atoms with van der Waals surface area (Å²) in [6, 6.07) is 11.5. The van der Waals surface area contributed by atoms with Crippen LogP contribution in [0.4, 0.5) is 0 Å². The molecule has 0 unspecified atom stereocenters. The van der Waals surface area contributed by atoms with Crippen LogP contribution >= 0.6 is 0 Å². The van der Waals surface area contributed by atoms with E-state index in [0.717, 1.165) is 43.9 Å². The number of phenols is 1. The van der Waals surface area contributed by atoms with Gasteiger partial charge in [0.05, 0.1) is 23.8 Å². The van der Waals surface area contributed by atoms with Gasteiger partial charge in [0.25, 0.3) is 0 Å². The van der Waals surface area contributed by atoms with Gasteiger partial charge in [-0.1, -0.05) is 17.3 Å². The SMILES string of the molecule is Oc1cccc(C2CCN(Cc3cn(-c4cccnc4)nn3)CC2)c1. The molecular formula is C19H21N5O. The molecule has 0 bridgehead atoms. The molecule has 1 aliphatic heterocycles. The average molecular weight is 335 g/mol. The highest BCUT2D eigenvalue weighted by atomic mass is 16.3. The summed E-state index contributed by atoms with van der Waals surface area (Å²) in [5.74, 6) is 0.876. The maximum atomic E-state index is 9.65. The number of benzene rings is 1. The van der Waals surface area contributed by atoms with Crippen molar-refractivity contribution in [1.29, 1.82) is 0 Å². The van der Waals surface area contributed by atoms with Crippen LogP contribution in [0, 0.1) is 0 Å². The summed E-state index contributed by atoms with van der Waals surface area (Å²) in [5.41, 5.74) is 3.13. The topological polar surface area (TPSA) is 67.1 Å². The Hall–Kier alpha value is -2.73. The highest BCUT2D eigenvalue weighted by molar-refractivity contribution is 5.30. The molecule has 1 aromatic carbocycles. The van der Waals surface area contributed by atoms with Crippen LogP contribution in [0.5, 0.6) is 5.75 Å². The zero-order chi connectivity index (χ0) is 17.1.